The van der Waals surface area contributed by atoms with Crippen molar-refractivity contribution in [2.45, 2.75) is 107 Å². The first-order valence-corrected chi connectivity index (χ1v) is 17.9. The van der Waals surface area contributed by atoms with E-state index in [0.717, 1.165) is 50.4 Å². The Bertz CT molecular complexity index is 1650. The van der Waals surface area contributed by atoms with Crippen LogP contribution in [0.15, 0.2) is 60.7 Å². The van der Waals surface area contributed by atoms with Crippen LogP contribution in [-0.2, 0) is 0 Å². The molecule has 4 rings (SSSR count). The highest BCUT2D eigenvalue weighted by Crippen LogP contribution is 2.28. The van der Waals surface area contributed by atoms with Gasteiger partial charge in [-0.1, -0.05) is 144 Å². The first kappa shape index (κ1) is 43.4. The molecule has 0 aliphatic rings. The Morgan fingerprint density at radius 3 is 1.35 bits per heavy atom. The van der Waals surface area contributed by atoms with Gasteiger partial charge >= 0.3 is 0 Å². The number of hydrogen-bond acceptors (Lipinski definition) is 2. The fraction of sp³-hybridized carbons (Fsp3) is 0.381. The Hall–Kier alpha value is -2.62. The van der Waals surface area contributed by atoms with Crippen LogP contribution in [-0.4, -0.2) is 12.6 Å². The third-order valence-corrected chi connectivity index (χ3v) is 9.37. The quantitative estimate of drug-likeness (QED) is 0.185. The van der Waals surface area contributed by atoms with E-state index in [9.17, 15) is 9.59 Å². The molecule has 0 spiro atoms. The number of halogens is 4. The smallest absolute Gasteiger partial charge is 0.150 e. The number of aryl methyl sites for hydroxylation is 4. The largest absolute Gasteiger partial charge is 0.298 e. The summed E-state index contributed by atoms with van der Waals surface area (Å²) in [7, 11) is 0. The third kappa shape index (κ3) is 13.7. The Kier molecular flexibility index (Phi) is 18.8. The molecule has 0 unspecified atom stereocenters. The van der Waals surface area contributed by atoms with E-state index >= 15 is 0 Å². The van der Waals surface area contributed by atoms with Crippen LogP contribution in [0.2, 0.25) is 20.1 Å². The zero-order chi connectivity index (χ0) is 36.9. The van der Waals surface area contributed by atoms with Crippen molar-refractivity contribution < 1.29 is 9.59 Å². The zero-order valence-corrected chi connectivity index (χ0v) is 33.6. The molecule has 0 amide bonds. The Morgan fingerprint density at radius 1 is 0.438 bits per heavy atom. The summed E-state index contributed by atoms with van der Waals surface area (Å²) in [5.41, 5.74) is 10.6. The van der Waals surface area contributed by atoms with Gasteiger partial charge in [-0.05, 0) is 115 Å². The second-order valence-electron chi connectivity index (χ2n) is 13.3. The molecule has 6 heteroatoms. The van der Waals surface area contributed by atoms with Gasteiger partial charge < -0.3 is 0 Å². The lowest BCUT2D eigenvalue weighted by molar-refractivity contribution is 0.111. The van der Waals surface area contributed by atoms with E-state index in [1.54, 1.807) is 12.1 Å². The summed E-state index contributed by atoms with van der Waals surface area (Å²) in [6.45, 7) is 25.0. The van der Waals surface area contributed by atoms with Crippen molar-refractivity contribution in [1.82, 2.24) is 0 Å². The topological polar surface area (TPSA) is 34.1 Å². The van der Waals surface area contributed by atoms with Gasteiger partial charge in [0, 0.05) is 31.2 Å². The minimum absolute atomic E-state index is 0.358. The Morgan fingerprint density at radius 2 is 0.896 bits per heavy atom. The molecule has 0 radical (unpaired) electrons. The number of aldehydes is 2. The van der Waals surface area contributed by atoms with E-state index in [0.29, 0.717) is 44.8 Å². The number of benzene rings is 4. The molecule has 4 aromatic carbocycles. The molecule has 0 saturated heterocycles. The van der Waals surface area contributed by atoms with E-state index < -0.39 is 0 Å². The second-order valence-corrected chi connectivity index (χ2v) is 15.0. The highest BCUT2D eigenvalue weighted by Gasteiger charge is 2.09. The molecular formula is C42H52Cl4O2. The van der Waals surface area contributed by atoms with Crippen molar-refractivity contribution in [1.29, 1.82) is 0 Å². The molecule has 2 nitrogen and oxygen atoms in total. The van der Waals surface area contributed by atoms with Crippen LogP contribution >= 0.6 is 46.4 Å². The van der Waals surface area contributed by atoms with Gasteiger partial charge in [0.25, 0.3) is 0 Å². The maximum Gasteiger partial charge on any atom is 0.150 e. The van der Waals surface area contributed by atoms with Crippen molar-refractivity contribution in [2.75, 3.05) is 0 Å². The maximum absolute atomic E-state index is 10.7. The average molecular weight is 731 g/mol. The lowest BCUT2D eigenvalue weighted by Gasteiger charge is -2.10. The van der Waals surface area contributed by atoms with Crippen molar-refractivity contribution in [3.63, 3.8) is 0 Å². The molecule has 0 fully saturated rings. The Balaban J connectivity index is 0.000000321. The molecule has 0 saturated carbocycles. The zero-order valence-electron chi connectivity index (χ0n) is 30.6. The van der Waals surface area contributed by atoms with Crippen molar-refractivity contribution in [3.8, 4) is 0 Å². The van der Waals surface area contributed by atoms with Gasteiger partial charge in [0.05, 0.1) is 0 Å². The highest BCUT2D eigenvalue weighted by molar-refractivity contribution is 6.32. The van der Waals surface area contributed by atoms with E-state index in [4.69, 9.17) is 46.4 Å². The lowest BCUT2D eigenvalue weighted by atomic mass is 9.96. The summed E-state index contributed by atoms with van der Waals surface area (Å²) in [6, 6.07) is 19.8. The number of rotatable bonds is 6. The summed E-state index contributed by atoms with van der Waals surface area (Å²) in [6.07, 6.45) is 1.70. The normalized spacial score (nSPS) is 10.6. The number of carbonyl (C=O) groups is 2. The van der Waals surface area contributed by atoms with E-state index in [2.05, 4.69) is 80.5 Å². The van der Waals surface area contributed by atoms with E-state index in [1.807, 2.05) is 51.1 Å². The standard InChI is InChI=1S/2C11H13ClO.2C10H13Cl/c1-7(2)10-4-8(3)11(12)5-9(10)6-13;1-7(2)10-4-8(3)9(6-13)5-11(10)12;1-7(2)9-4-5-10(11)8(3)6-9;1-7(2)9-6-8(3)4-5-10(9)11/h2*4-7H,1-3H3;2*4-7H,1-3H3. The molecule has 0 bridgehead atoms. The predicted octanol–water partition coefficient (Wildman–Crippen LogP) is 14.7. The molecule has 48 heavy (non-hydrogen) atoms. The van der Waals surface area contributed by atoms with Gasteiger partial charge in [-0.3, -0.25) is 9.59 Å². The predicted molar refractivity (Wildman–Crippen MR) is 212 cm³/mol. The van der Waals surface area contributed by atoms with E-state index in [1.165, 1.54) is 16.7 Å². The fourth-order valence-corrected chi connectivity index (χ4v) is 5.76. The minimum Gasteiger partial charge on any atom is -0.298 e. The van der Waals surface area contributed by atoms with Crippen LogP contribution in [0.25, 0.3) is 0 Å². The number of hydrogen-bond donors (Lipinski definition) is 0. The van der Waals surface area contributed by atoms with Crippen LogP contribution in [0, 0.1) is 27.7 Å². The van der Waals surface area contributed by atoms with Crippen LogP contribution < -0.4 is 0 Å². The van der Waals surface area contributed by atoms with Crippen molar-refractivity contribution in [2.24, 2.45) is 0 Å². The second kappa shape index (κ2) is 20.8. The third-order valence-electron chi connectivity index (χ3n) is 7.87. The SMILES string of the molecule is Cc1cc(C(C)C)c(C=O)cc1Cl.Cc1cc(C(C)C)c(Cl)cc1C=O.Cc1cc(C(C)C)ccc1Cl.Cc1ccc(Cl)c(C(C)C)c1. The molecule has 0 aromatic heterocycles. The molecule has 0 N–H and O–H groups in total. The molecular weight excluding hydrogens is 678 g/mol. The Labute approximate surface area is 310 Å². The van der Waals surface area contributed by atoms with Crippen LogP contribution in [0.3, 0.4) is 0 Å². The van der Waals surface area contributed by atoms with Gasteiger partial charge in [0.2, 0.25) is 0 Å². The van der Waals surface area contributed by atoms with Crippen LogP contribution in [0.4, 0.5) is 0 Å². The van der Waals surface area contributed by atoms with Gasteiger partial charge in [0.15, 0.2) is 0 Å². The summed E-state index contributed by atoms with van der Waals surface area (Å²) < 4.78 is 0. The minimum atomic E-state index is 0.358. The van der Waals surface area contributed by atoms with Crippen molar-refractivity contribution >= 4 is 59.0 Å². The van der Waals surface area contributed by atoms with Crippen molar-refractivity contribution in [3.05, 3.63) is 136 Å². The fourth-order valence-electron chi connectivity index (χ4n) is 4.74. The van der Waals surface area contributed by atoms with Gasteiger partial charge in [0.1, 0.15) is 12.6 Å². The lowest BCUT2D eigenvalue weighted by Crippen LogP contribution is -1.96. The summed E-state index contributed by atoms with van der Waals surface area (Å²) >= 11 is 23.8. The number of carbonyl (C=O) groups excluding carboxylic acids is 2. The highest BCUT2D eigenvalue weighted by atomic mass is 35.5. The summed E-state index contributed by atoms with van der Waals surface area (Å²) in [5, 5.41) is 3.08. The van der Waals surface area contributed by atoms with Gasteiger partial charge in [-0.2, -0.15) is 0 Å². The molecule has 0 heterocycles. The monoisotopic (exact) mass is 728 g/mol. The molecule has 0 aliphatic heterocycles. The average Bonchev–Trinajstić information content (AvgIpc) is 3.02. The molecule has 0 atom stereocenters. The molecule has 4 aromatic rings. The first-order valence-electron chi connectivity index (χ1n) is 16.4. The molecule has 0 aliphatic carbocycles. The first-order chi connectivity index (χ1) is 22.3. The van der Waals surface area contributed by atoms with Crippen LogP contribution in [0.1, 0.15) is 144 Å². The maximum atomic E-state index is 10.7. The summed E-state index contributed by atoms with van der Waals surface area (Å²) in [5.74, 6) is 1.86. The molecule has 260 valence electrons. The van der Waals surface area contributed by atoms with Crippen LogP contribution in [0.5, 0.6) is 0 Å². The van der Waals surface area contributed by atoms with E-state index in [-0.39, 0.29) is 0 Å². The van der Waals surface area contributed by atoms with Gasteiger partial charge in [-0.15, -0.1) is 0 Å². The van der Waals surface area contributed by atoms with Gasteiger partial charge in [-0.25, -0.2) is 0 Å². The summed E-state index contributed by atoms with van der Waals surface area (Å²) in [4.78, 5) is 21.3.